The Kier molecular flexibility index (Phi) is 4.48. The van der Waals surface area contributed by atoms with E-state index in [-0.39, 0.29) is 6.04 Å². The summed E-state index contributed by atoms with van der Waals surface area (Å²) in [6, 6.07) is 10.9. The number of hydrogen-bond donors (Lipinski definition) is 3. The molecule has 0 aliphatic heterocycles. The second-order valence-electron chi connectivity index (χ2n) is 6.96. The zero-order valence-corrected chi connectivity index (χ0v) is 14.8. The van der Waals surface area contributed by atoms with Gasteiger partial charge in [-0.05, 0) is 43.4 Å². The fourth-order valence-electron chi connectivity index (χ4n) is 3.84. The standard InChI is InChI=1S/C19H25N7/c20-12-13-2-1-3-16(10-13)26(15-6-4-14(21)5-7-15)17-11-18(22)24-25-9-8-23-19(17)25/h1-3,8-11,14-15H,4-7,12,20-21H2,(H2,22,24). The lowest BCUT2D eigenvalue weighted by molar-refractivity contribution is 0.391. The third-order valence-electron chi connectivity index (χ3n) is 5.15. The highest BCUT2D eigenvalue weighted by Crippen LogP contribution is 2.36. The lowest BCUT2D eigenvalue weighted by Crippen LogP contribution is -2.38. The summed E-state index contributed by atoms with van der Waals surface area (Å²) in [7, 11) is 0. The highest BCUT2D eigenvalue weighted by molar-refractivity contribution is 5.78. The lowest BCUT2D eigenvalue weighted by Gasteiger charge is -2.38. The van der Waals surface area contributed by atoms with Gasteiger partial charge >= 0.3 is 0 Å². The molecule has 0 spiro atoms. The van der Waals surface area contributed by atoms with Crippen molar-refractivity contribution in [1.29, 1.82) is 0 Å². The van der Waals surface area contributed by atoms with Crippen molar-refractivity contribution in [2.75, 3.05) is 10.6 Å². The zero-order chi connectivity index (χ0) is 18.1. The Labute approximate surface area is 152 Å². The smallest absolute Gasteiger partial charge is 0.177 e. The number of rotatable bonds is 4. The molecule has 0 atom stereocenters. The van der Waals surface area contributed by atoms with Crippen molar-refractivity contribution in [1.82, 2.24) is 14.6 Å². The molecule has 1 saturated carbocycles. The van der Waals surface area contributed by atoms with E-state index >= 15 is 0 Å². The predicted molar refractivity (Wildman–Crippen MR) is 104 cm³/mol. The van der Waals surface area contributed by atoms with Crippen molar-refractivity contribution in [3.8, 4) is 0 Å². The van der Waals surface area contributed by atoms with Crippen LogP contribution in [0.25, 0.3) is 5.65 Å². The van der Waals surface area contributed by atoms with Crippen molar-refractivity contribution < 1.29 is 0 Å². The molecule has 1 aromatic carbocycles. The van der Waals surface area contributed by atoms with Crippen LogP contribution in [0.1, 0.15) is 31.2 Å². The second kappa shape index (κ2) is 6.93. The van der Waals surface area contributed by atoms with Gasteiger partial charge in [-0.1, -0.05) is 12.1 Å². The van der Waals surface area contributed by atoms with E-state index in [2.05, 4.69) is 27.1 Å². The summed E-state index contributed by atoms with van der Waals surface area (Å²) in [6.07, 6.45) is 7.66. The van der Waals surface area contributed by atoms with Crippen LogP contribution in [-0.2, 0) is 6.54 Å². The van der Waals surface area contributed by atoms with Crippen LogP contribution in [-0.4, -0.2) is 26.7 Å². The summed E-state index contributed by atoms with van der Waals surface area (Å²) in [5.41, 5.74) is 22.1. The number of imidazole rings is 1. The molecule has 6 N–H and O–H groups in total. The minimum absolute atomic E-state index is 0.289. The Bertz CT molecular complexity index is 896. The zero-order valence-electron chi connectivity index (χ0n) is 14.8. The molecule has 7 heteroatoms. The molecular formula is C19H25N7. The topological polar surface area (TPSA) is 111 Å². The largest absolute Gasteiger partial charge is 0.382 e. The summed E-state index contributed by atoms with van der Waals surface area (Å²) in [6.45, 7) is 0.508. The molecule has 2 heterocycles. The SMILES string of the molecule is NCc1cccc(N(c2cc(N)nn3ccnc23)C2CCC(N)CC2)c1. The number of nitrogen functional groups attached to an aromatic ring is 1. The van der Waals surface area contributed by atoms with Gasteiger partial charge in [0.2, 0.25) is 0 Å². The van der Waals surface area contributed by atoms with Gasteiger partial charge in [0.15, 0.2) is 5.65 Å². The van der Waals surface area contributed by atoms with Gasteiger partial charge in [0.05, 0.1) is 5.69 Å². The van der Waals surface area contributed by atoms with Gasteiger partial charge < -0.3 is 22.1 Å². The first kappa shape index (κ1) is 16.8. The number of anilines is 3. The van der Waals surface area contributed by atoms with Gasteiger partial charge in [0.1, 0.15) is 5.82 Å². The van der Waals surface area contributed by atoms with E-state index in [0.29, 0.717) is 18.4 Å². The molecule has 0 unspecified atom stereocenters. The van der Waals surface area contributed by atoms with E-state index in [9.17, 15) is 0 Å². The third kappa shape index (κ3) is 3.11. The van der Waals surface area contributed by atoms with Gasteiger partial charge in [-0.25, -0.2) is 9.50 Å². The first-order valence-electron chi connectivity index (χ1n) is 9.09. The maximum absolute atomic E-state index is 6.14. The normalized spacial score (nSPS) is 20.4. The van der Waals surface area contributed by atoms with Gasteiger partial charge in [-0.2, -0.15) is 0 Å². The highest BCUT2D eigenvalue weighted by Gasteiger charge is 2.28. The van der Waals surface area contributed by atoms with E-state index in [0.717, 1.165) is 48.3 Å². The number of benzene rings is 1. The Morgan fingerprint density at radius 3 is 2.73 bits per heavy atom. The van der Waals surface area contributed by atoms with Gasteiger partial charge in [-0.15, -0.1) is 5.10 Å². The third-order valence-corrected chi connectivity index (χ3v) is 5.15. The van der Waals surface area contributed by atoms with Crippen LogP contribution >= 0.6 is 0 Å². The maximum Gasteiger partial charge on any atom is 0.177 e. The first-order valence-corrected chi connectivity index (χ1v) is 9.09. The molecule has 4 rings (SSSR count). The minimum atomic E-state index is 0.289. The monoisotopic (exact) mass is 351 g/mol. The predicted octanol–water partition coefficient (Wildman–Crippen LogP) is 2.18. The van der Waals surface area contributed by atoms with Crippen LogP contribution < -0.4 is 22.1 Å². The molecule has 1 aliphatic rings. The van der Waals surface area contributed by atoms with Crippen molar-refractivity contribution in [3.05, 3.63) is 48.3 Å². The Hall–Kier alpha value is -2.64. The van der Waals surface area contributed by atoms with E-state index < -0.39 is 0 Å². The van der Waals surface area contributed by atoms with Crippen LogP contribution in [0.4, 0.5) is 17.2 Å². The molecule has 3 aromatic rings. The molecule has 0 radical (unpaired) electrons. The van der Waals surface area contributed by atoms with Crippen LogP contribution in [0, 0.1) is 0 Å². The Balaban J connectivity index is 1.85. The molecule has 1 fully saturated rings. The average molecular weight is 351 g/mol. The second-order valence-corrected chi connectivity index (χ2v) is 6.96. The molecule has 7 nitrogen and oxygen atoms in total. The fraction of sp³-hybridized carbons (Fsp3) is 0.368. The summed E-state index contributed by atoms with van der Waals surface area (Å²) >= 11 is 0. The number of aromatic nitrogens is 3. The average Bonchev–Trinajstić information content (AvgIpc) is 3.12. The van der Waals surface area contributed by atoms with Crippen LogP contribution in [0.15, 0.2) is 42.7 Å². The molecule has 0 bridgehead atoms. The summed E-state index contributed by atoms with van der Waals surface area (Å²) < 4.78 is 1.74. The molecular weight excluding hydrogens is 326 g/mol. The van der Waals surface area contributed by atoms with Gasteiger partial charge in [-0.3, -0.25) is 0 Å². The first-order chi connectivity index (χ1) is 12.7. The quantitative estimate of drug-likeness (QED) is 0.664. The summed E-state index contributed by atoms with van der Waals surface area (Å²) in [5, 5.41) is 4.33. The van der Waals surface area contributed by atoms with Crippen molar-refractivity contribution in [3.63, 3.8) is 0 Å². The Morgan fingerprint density at radius 2 is 1.96 bits per heavy atom. The van der Waals surface area contributed by atoms with Crippen LogP contribution in [0.5, 0.6) is 0 Å². The van der Waals surface area contributed by atoms with Crippen LogP contribution in [0.3, 0.4) is 0 Å². The molecule has 2 aromatic heterocycles. The minimum Gasteiger partial charge on any atom is -0.382 e. The number of fused-ring (bicyclic) bond motifs is 1. The molecule has 26 heavy (non-hydrogen) atoms. The Morgan fingerprint density at radius 1 is 1.15 bits per heavy atom. The molecule has 1 aliphatic carbocycles. The van der Waals surface area contributed by atoms with E-state index in [1.807, 2.05) is 24.4 Å². The maximum atomic E-state index is 6.14. The highest BCUT2D eigenvalue weighted by atomic mass is 15.3. The number of nitrogens with zero attached hydrogens (tertiary/aromatic N) is 4. The summed E-state index contributed by atoms with van der Waals surface area (Å²) in [5.74, 6) is 0.470. The van der Waals surface area contributed by atoms with E-state index in [4.69, 9.17) is 17.2 Å². The number of hydrogen-bond acceptors (Lipinski definition) is 6. The van der Waals surface area contributed by atoms with E-state index in [1.165, 1.54) is 0 Å². The molecule has 136 valence electrons. The molecule has 0 saturated heterocycles. The number of nitrogens with two attached hydrogens (primary N) is 3. The molecule has 0 amide bonds. The van der Waals surface area contributed by atoms with Gasteiger partial charge in [0, 0.05) is 42.8 Å². The van der Waals surface area contributed by atoms with E-state index in [1.54, 1.807) is 10.7 Å². The van der Waals surface area contributed by atoms with Crippen molar-refractivity contribution in [2.24, 2.45) is 11.5 Å². The fourth-order valence-corrected chi connectivity index (χ4v) is 3.84. The lowest BCUT2D eigenvalue weighted by atomic mass is 9.90. The van der Waals surface area contributed by atoms with Crippen molar-refractivity contribution in [2.45, 2.75) is 44.3 Å². The summed E-state index contributed by atoms with van der Waals surface area (Å²) in [4.78, 5) is 6.85. The van der Waals surface area contributed by atoms with Crippen molar-refractivity contribution >= 4 is 22.8 Å². The van der Waals surface area contributed by atoms with Crippen LogP contribution in [0.2, 0.25) is 0 Å². The van der Waals surface area contributed by atoms with Gasteiger partial charge in [0.25, 0.3) is 0 Å².